The van der Waals surface area contributed by atoms with Crippen LogP contribution in [0.1, 0.15) is 42.9 Å². The normalized spacial score (nSPS) is 16.2. The third-order valence-electron chi connectivity index (χ3n) is 5.91. The number of amides is 1. The van der Waals surface area contributed by atoms with Crippen molar-refractivity contribution in [2.24, 2.45) is 0 Å². The maximum absolute atomic E-state index is 12.8. The number of methoxy groups -OCH3 is 1. The van der Waals surface area contributed by atoms with Gasteiger partial charge in [-0.1, -0.05) is 42.5 Å². The molecule has 0 bridgehead atoms. The fourth-order valence-corrected chi connectivity index (χ4v) is 4.19. The second-order valence-electron chi connectivity index (χ2n) is 8.08. The van der Waals surface area contributed by atoms with Crippen LogP contribution < -0.4 is 4.74 Å². The lowest BCUT2D eigenvalue weighted by Gasteiger charge is -2.32. The average Bonchev–Trinajstić information content (AvgIpc) is 2.85. The first kappa shape index (κ1) is 21.0. The van der Waals surface area contributed by atoms with Gasteiger partial charge < -0.3 is 9.64 Å². The molecule has 2 heterocycles. The molecule has 4 rings (SSSR count). The lowest BCUT2D eigenvalue weighted by molar-refractivity contribution is -0.132. The molecule has 0 spiro atoms. The first-order valence-electron chi connectivity index (χ1n) is 11.0. The van der Waals surface area contributed by atoms with Gasteiger partial charge in [-0.05, 0) is 43.4 Å². The van der Waals surface area contributed by atoms with Gasteiger partial charge in [0.1, 0.15) is 5.75 Å². The number of hydrogen-bond acceptors (Lipinski definition) is 4. The van der Waals surface area contributed by atoms with Crippen LogP contribution in [0.5, 0.6) is 5.75 Å². The summed E-state index contributed by atoms with van der Waals surface area (Å²) >= 11 is 0. The number of benzene rings is 2. The quantitative estimate of drug-likeness (QED) is 0.552. The van der Waals surface area contributed by atoms with E-state index in [1.165, 1.54) is 5.56 Å². The Balaban J connectivity index is 1.38. The van der Waals surface area contributed by atoms with Gasteiger partial charge in [0, 0.05) is 37.2 Å². The zero-order chi connectivity index (χ0) is 21.5. The van der Waals surface area contributed by atoms with Gasteiger partial charge in [0.15, 0.2) is 0 Å². The molecule has 1 amide bonds. The second-order valence-corrected chi connectivity index (χ2v) is 8.08. The summed E-state index contributed by atoms with van der Waals surface area (Å²) in [4.78, 5) is 24.1. The molecule has 1 aliphatic rings. The summed E-state index contributed by atoms with van der Waals surface area (Å²) in [6, 6.07) is 18.2. The summed E-state index contributed by atoms with van der Waals surface area (Å²) in [6.07, 6.45) is 8.08. The molecule has 5 nitrogen and oxygen atoms in total. The first-order valence-corrected chi connectivity index (χ1v) is 11.0. The van der Waals surface area contributed by atoms with Gasteiger partial charge in [-0.3, -0.25) is 9.78 Å². The number of aryl methyl sites for hydroxylation is 1. The Morgan fingerprint density at radius 1 is 1.13 bits per heavy atom. The Bertz CT molecular complexity index is 1010. The van der Waals surface area contributed by atoms with Crippen molar-refractivity contribution in [2.45, 2.75) is 38.0 Å². The van der Waals surface area contributed by atoms with Gasteiger partial charge in [-0.25, -0.2) is 4.98 Å². The highest BCUT2D eigenvalue weighted by molar-refractivity contribution is 5.76. The summed E-state index contributed by atoms with van der Waals surface area (Å²) in [5.41, 5.74) is 4.07. The van der Waals surface area contributed by atoms with E-state index in [9.17, 15) is 4.79 Å². The summed E-state index contributed by atoms with van der Waals surface area (Å²) in [5, 5.41) is 0. The number of aromatic nitrogens is 2. The van der Waals surface area contributed by atoms with Gasteiger partial charge in [0.2, 0.25) is 5.91 Å². The molecule has 1 saturated heterocycles. The van der Waals surface area contributed by atoms with E-state index in [0.717, 1.165) is 61.5 Å². The van der Waals surface area contributed by atoms with Crippen LogP contribution in [0.15, 0.2) is 67.0 Å². The van der Waals surface area contributed by atoms with Gasteiger partial charge >= 0.3 is 0 Å². The molecule has 1 fully saturated rings. The molecule has 0 saturated carbocycles. The topological polar surface area (TPSA) is 55.3 Å². The number of nitrogens with zero attached hydrogens (tertiary/aromatic N) is 3. The molecule has 2 aromatic carbocycles. The molecule has 160 valence electrons. The van der Waals surface area contributed by atoms with Gasteiger partial charge in [-0.2, -0.15) is 0 Å². The molecular formula is C26H29N3O2. The van der Waals surface area contributed by atoms with Crippen molar-refractivity contribution in [2.75, 3.05) is 20.2 Å². The molecular weight excluding hydrogens is 386 g/mol. The first-order chi connectivity index (χ1) is 15.2. The van der Waals surface area contributed by atoms with Crippen LogP contribution in [0.2, 0.25) is 0 Å². The van der Waals surface area contributed by atoms with E-state index in [-0.39, 0.29) is 11.8 Å². The van der Waals surface area contributed by atoms with Gasteiger partial charge in [0.05, 0.1) is 24.7 Å². The molecule has 0 unspecified atom stereocenters. The van der Waals surface area contributed by atoms with E-state index in [4.69, 9.17) is 9.72 Å². The number of hydrogen-bond donors (Lipinski definition) is 0. The highest BCUT2D eigenvalue weighted by Gasteiger charge is 2.25. The zero-order valence-corrected chi connectivity index (χ0v) is 18.0. The molecule has 0 radical (unpaired) electrons. The molecule has 5 heteroatoms. The Morgan fingerprint density at radius 2 is 2.00 bits per heavy atom. The van der Waals surface area contributed by atoms with E-state index in [2.05, 4.69) is 17.1 Å². The third kappa shape index (κ3) is 5.48. The van der Waals surface area contributed by atoms with Crippen molar-refractivity contribution in [1.82, 2.24) is 14.9 Å². The minimum absolute atomic E-state index is 0.227. The Hall–Kier alpha value is -3.21. The van der Waals surface area contributed by atoms with E-state index in [0.29, 0.717) is 6.42 Å². The number of likely N-dealkylation sites (tertiary alicyclic amines) is 1. The summed E-state index contributed by atoms with van der Waals surface area (Å²) in [5.74, 6) is 1.28. The van der Waals surface area contributed by atoms with Crippen molar-refractivity contribution in [1.29, 1.82) is 0 Å². The van der Waals surface area contributed by atoms with Crippen molar-refractivity contribution in [3.05, 3.63) is 78.2 Å². The van der Waals surface area contributed by atoms with Crippen LogP contribution in [0.3, 0.4) is 0 Å². The zero-order valence-electron chi connectivity index (χ0n) is 18.0. The molecule has 3 aromatic rings. The fraction of sp³-hybridized carbons (Fsp3) is 0.346. The molecule has 0 N–H and O–H groups in total. The highest BCUT2D eigenvalue weighted by Crippen LogP contribution is 2.28. The van der Waals surface area contributed by atoms with Crippen LogP contribution >= 0.6 is 0 Å². The Labute approximate surface area is 184 Å². The van der Waals surface area contributed by atoms with E-state index in [1.807, 2.05) is 53.6 Å². The van der Waals surface area contributed by atoms with E-state index in [1.54, 1.807) is 13.3 Å². The highest BCUT2D eigenvalue weighted by atomic mass is 16.5. The number of carbonyl (C=O) groups excluding carboxylic acids is 1. The monoisotopic (exact) mass is 415 g/mol. The lowest BCUT2D eigenvalue weighted by Crippen LogP contribution is -2.39. The van der Waals surface area contributed by atoms with Crippen molar-refractivity contribution in [3.63, 3.8) is 0 Å². The van der Waals surface area contributed by atoms with Crippen molar-refractivity contribution < 1.29 is 9.53 Å². The molecule has 1 aliphatic heterocycles. The standard InChI is InChI=1S/C26H29N3O2/c1-31-23-13-6-11-21(16-23)24-17-27-18-25(28-24)22-12-7-15-29(19-22)26(30)14-5-10-20-8-3-2-4-9-20/h2-4,6,8-9,11,13,16-18,22H,5,7,10,12,14-15,19H2,1H3/t22-/m0/s1. The summed E-state index contributed by atoms with van der Waals surface area (Å²) in [7, 11) is 1.66. The Kier molecular flexibility index (Phi) is 6.92. The van der Waals surface area contributed by atoms with Crippen LogP contribution in [0.4, 0.5) is 0 Å². The smallest absolute Gasteiger partial charge is 0.222 e. The average molecular weight is 416 g/mol. The van der Waals surface area contributed by atoms with Crippen LogP contribution in [0, 0.1) is 0 Å². The number of rotatable bonds is 7. The fourth-order valence-electron chi connectivity index (χ4n) is 4.19. The molecule has 1 atom stereocenters. The molecule has 0 aliphatic carbocycles. The largest absolute Gasteiger partial charge is 0.497 e. The second kappa shape index (κ2) is 10.2. The van der Waals surface area contributed by atoms with Crippen LogP contribution in [-0.4, -0.2) is 41.0 Å². The number of carbonyl (C=O) groups is 1. The molecule has 1 aromatic heterocycles. The number of ether oxygens (including phenoxy) is 1. The van der Waals surface area contributed by atoms with E-state index >= 15 is 0 Å². The maximum atomic E-state index is 12.8. The number of piperidine rings is 1. The Morgan fingerprint density at radius 3 is 2.84 bits per heavy atom. The van der Waals surface area contributed by atoms with E-state index < -0.39 is 0 Å². The minimum Gasteiger partial charge on any atom is -0.497 e. The van der Waals surface area contributed by atoms with Gasteiger partial charge in [-0.15, -0.1) is 0 Å². The maximum Gasteiger partial charge on any atom is 0.222 e. The SMILES string of the molecule is COc1cccc(-c2cncc([C@H]3CCCN(C(=O)CCCc4ccccc4)C3)n2)c1. The predicted octanol–water partition coefficient (Wildman–Crippen LogP) is 4.88. The summed E-state index contributed by atoms with van der Waals surface area (Å²) < 4.78 is 5.33. The lowest BCUT2D eigenvalue weighted by atomic mass is 9.94. The van der Waals surface area contributed by atoms with Gasteiger partial charge in [0.25, 0.3) is 0 Å². The van der Waals surface area contributed by atoms with Crippen LogP contribution in [0.25, 0.3) is 11.3 Å². The molecule has 31 heavy (non-hydrogen) atoms. The van der Waals surface area contributed by atoms with Crippen LogP contribution in [-0.2, 0) is 11.2 Å². The third-order valence-corrected chi connectivity index (χ3v) is 5.91. The van der Waals surface area contributed by atoms with Crippen molar-refractivity contribution >= 4 is 5.91 Å². The van der Waals surface area contributed by atoms with Crippen molar-refractivity contribution in [3.8, 4) is 17.0 Å². The minimum atomic E-state index is 0.227. The summed E-state index contributed by atoms with van der Waals surface area (Å²) in [6.45, 7) is 1.56. The predicted molar refractivity (Wildman–Crippen MR) is 122 cm³/mol.